The highest BCUT2D eigenvalue weighted by molar-refractivity contribution is 7.89. The van der Waals surface area contributed by atoms with Crippen molar-refractivity contribution in [2.45, 2.75) is 31.7 Å². The molecule has 0 saturated carbocycles. The fraction of sp³-hybridized carbons (Fsp3) is 0.500. The lowest BCUT2D eigenvalue weighted by Gasteiger charge is -2.17. The van der Waals surface area contributed by atoms with Gasteiger partial charge in [0.15, 0.2) is 0 Å². The van der Waals surface area contributed by atoms with Crippen LogP contribution < -0.4 is 11.1 Å². The predicted molar refractivity (Wildman–Crippen MR) is 83.5 cm³/mol. The number of nitrogens with one attached hydrogen (secondary N) is 1. The number of nitrogens with zero attached hydrogens (tertiary/aromatic N) is 1. The summed E-state index contributed by atoms with van der Waals surface area (Å²) in [4.78, 5) is 12.1. The van der Waals surface area contributed by atoms with Gasteiger partial charge < -0.3 is 11.1 Å². The van der Waals surface area contributed by atoms with Gasteiger partial charge in [-0.1, -0.05) is 19.9 Å². The SMILES string of the molecule is Cc1ccc(NC(=O)C(N)C(C)C)cc1S(=O)(=O)N(C)C. The van der Waals surface area contributed by atoms with E-state index in [1.165, 1.54) is 20.2 Å². The van der Waals surface area contributed by atoms with Crippen molar-refractivity contribution >= 4 is 21.6 Å². The number of anilines is 1. The zero-order valence-electron chi connectivity index (χ0n) is 13.0. The Labute approximate surface area is 126 Å². The fourth-order valence-corrected chi connectivity index (χ4v) is 2.83. The van der Waals surface area contributed by atoms with E-state index in [9.17, 15) is 13.2 Å². The predicted octanol–water partition coefficient (Wildman–Crippen LogP) is 1.17. The highest BCUT2D eigenvalue weighted by Crippen LogP contribution is 2.22. The van der Waals surface area contributed by atoms with E-state index in [2.05, 4.69) is 5.32 Å². The van der Waals surface area contributed by atoms with E-state index in [0.29, 0.717) is 11.3 Å². The Hall–Kier alpha value is -1.44. The third-order valence-electron chi connectivity index (χ3n) is 3.24. The zero-order chi connectivity index (χ0) is 16.4. The maximum absolute atomic E-state index is 12.2. The van der Waals surface area contributed by atoms with E-state index in [4.69, 9.17) is 5.73 Å². The summed E-state index contributed by atoms with van der Waals surface area (Å²) in [6, 6.07) is 4.14. The summed E-state index contributed by atoms with van der Waals surface area (Å²) >= 11 is 0. The van der Waals surface area contributed by atoms with Crippen LogP contribution in [0.1, 0.15) is 19.4 Å². The van der Waals surface area contributed by atoms with E-state index in [-0.39, 0.29) is 16.7 Å². The molecule has 1 amide bonds. The van der Waals surface area contributed by atoms with Crippen LogP contribution in [0, 0.1) is 12.8 Å². The number of carbonyl (C=O) groups excluding carboxylic acids is 1. The first-order valence-corrected chi connectivity index (χ1v) is 8.11. The summed E-state index contributed by atoms with van der Waals surface area (Å²) in [5, 5.41) is 2.65. The third-order valence-corrected chi connectivity index (χ3v) is 5.19. The number of sulfonamides is 1. The molecule has 0 fully saturated rings. The molecule has 0 heterocycles. The van der Waals surface area contributed by atoms with Gasteiger partial charge in [-0.15, -0.1) is 0 Å². The van der Waals surface area contributed by atoms with E-state index in [1.54, 1.807) is 19.1 Å². The van der Waals surface area contributed by atoms with Crippen molar-refractivity contribution in [2.75, 3.05) is 19.4 Å². The van der Waals surface area contributed by atoms with Crippen molar-refractivity contribution in [1.82, 2.24) is 4.31 Å². The van der Waals surface area contributed by atoms with Crippen LogP contribution >= 0.6 is 0 Å². The molecule has 1 aromatic carbocycles. The molecule has 7 heteroatoms. The molecular formula is C14H23N3O3S. The second kappa shape index (κ2) is 6.55. The van der Waals surface area contributed by atoms with Gasteiger partial charge in [0.05, 0.1) is 10.9 Å². The number of aryl methyl sites for hydroxylation is 1. The maximum atomic E-state index is 12.2. The molecule has 6 nitrogen and oxygen atoms in total. The number of hydrogen-bond donors (Lipinski definition) is 2. The van der Waals surface area contributed by atoms with Gasteiger partial charge in [0.25, 0.3) is 0 Å². The molecule has 0 spiro atoms. The quantitative estimate of drug-likeness (QED) is 0.853. The Morgan fingerprint density at radius 1 is 1.29 bits per heavy atom. The van der Waals surface area contributed by atoms with Gasteiger partial charge >= 0.3 is 0 Å². The molecule has 0 aromatic heterocycles. The number of amides is 1. The van der Waals surface area contributed by atoms with Crippen molar-refractivity contribution in [3.63, 3.8) is 0 Å². The average molecular weight is 313 g/mol. The number of carbonyl (C=O) groups is 1. The normalized spacial score (nSPS) is 13.5. The molecule has 3 N–H and O–H groups in total. The number of nitrogens with two attached hydrogens (primary N) is 1. The number of rotatable bonds is 5. The summed E-state index contributed by atoms with van der Waals surface area (Å²) in [5.41, 5.74) is 6.81. The molecule has 0 aliphatic heterocycles. The Morgan fingerprint density at radius 3 is 2.33 bits per heavy atom. The van der Waals surface area contributed by atoms with Crippen molar-refractivity contribution in [1.29, 1.82) is 0 Å². The monoisotopic (exact) mass is 313 g/mol. The van der Waals surface area contributed by atoms with Gasteiger partial charge in [-0.3, -0.25) is 4.79 Å². The lowest BCUT2D eigenvalue weighted by atomic mass is 10.0. The van der Waals surface area contributed by atoms with Crippen LogP contribution in [0.15, 0.2) is 23.1 Å². The molecule has 0 aliphatic carbocycles. The Balaban J connectivity index is 3.12. The van der Waals surface area contributed by atoms with Gasteiger partial charge in [0.2, 0.25) is 15.9 Å². The molecule has 1 aromatic rings. The molecule has 0 aliphatic rings. The van der Waals surface area contributed by atoms with Crippen LogP contribution in [0.5, 0.6) is 0 Å². The van der Waals surface area contributed by atoms with E-state index < -0.39 is 16.1 Å². The standard InChI is InChI=1S/C14H23N3O3S/c1-9(2)13(15)14(18)16-11-7-6-10(3)12(8-11)21(19,20)17(4)5/h6-9,13H,15H2,1-5H3,(H,16,18). The van der Waals surface area contributed by atoms with Gasteiger partial charge in [0, 0.05) is 19.8 Å². The van der Waals surface area contributed by atoms with Crippen molar-refractivity contribution in [2.24, 2.45) is 11.7 Å². The minimum Gasteiger partial charge on any atom is -0.325 e. The van der Waals surface area contributed by atoms with Gasteiger partial charge in [-0.2, -0.15) is 0 Å². The summed E-state index contributed by atoms with van der Waals surface area (Å²) in [7, 11) is -0.618. The fourth-order valence-electron chi connectivity index (χ4n) is 1.68. The molecule has 1 rings (SSSR count). The minimum atomic E-state index is -3.55. The summed E-state index contributed by atoms with van der Waals surface area (Å²) in [6.45, 7) is 5.41. The second-order valence-electron chi connectivity index (χ2n) is 5.53. The van der Waals surface area contributed by atoms with Gasteiger partial charge in [-0.25, -0.2) is 12.7 Å². The zero-order valence-corrected chi connectivity index (χ0v) is 13.9. The summed E-state index contributed by atoms with van der Waals surface area (Å²) in [6.07, 6.45) is 0. The molecular weight excluding hydrogens is 290 g/mol. The first-order valence-electron chi connectivity index (χ1n) is 6.67. The van der Waals surface area contributed by atoms with E-state index in [1.807, 2.05) is 13.8 Å². The lowest BCUT2D eigenvalue weighted by Crippen LogP contribution is -2.39. The average Bonchev–Trinajstić information content (AvgIpc) is 2.39. The maximum Gasteiger partial charge on any atom is 0.242 e. The lowest BCUT2D eigenvalue weighted by molar-refractivity contribution is -0.118. The Kier molecular flexibility index (Phi) is 5.49. The third kappa shape index (κ3) is 4.03. The van der Waals surface area contributed by atoms with Crippen LogP contribution in [0.25, 0.3) is 0 Å². The van der Waals surface area contributed by atoms with Crippen LogP contribution in [0.4, 0.5) is 5.69 Å². The van der Waals surface area contributed by atoms with Gasteiger partial charge in [-0.05, 0) is 30.5 Å². The number of hydrogen-bond acceptors (Lipinski definition) is 4. The molecule has 0 bridgehead atoms. The minimum absolute atomic E-state index is 0.000395. The Bertz CT molecular complexity index is 624. The summed E-state index contributed by atoms with van der Waals surface area (Å²) in [5.74, 6) is -0.331. The van der Waals surface area contributed by atoms with Crippen LogP contribution in [0.2, 0.25) is 0 Å². The van der Waals surface area contributed by atoms with Crippen LogP contribution in [-0.4, -0.2) is 38.8 Å². The first kappa shape index (κ1) is 17.6. The molecule has 1 atom stereocenters. The smallest absolute Gasteiger partial charge is 0.242 e. The highest BCUT2D eigenvalue weighted by atomic mass is 32.2. The van der Waals surface area contributed by atoms with Crippen LogP contribution in [0.3, 0.4) is 0 Å². The van der Waals surface area contributed by atoms with Gasteiger partial charge in [0.1, 0.15) is 0 Å². The molecule has 118 valence electrons. The highest BCUT2D eigenvalue weighted by Gasteiger charge is 2.22. The number of benzene rings is 1. The second-order valence-corrected chi connectivity index (χ2v) is 7.65. The van der Waals surface area contributed by atoms with Crippen LogP contribution in [-0.2, 0) is 14.8 Å². The van der Waals surface area contributed by atoms with E-state index >= 15 is 0 Å². The molecule has 21 heavy (non-hydrogen) atoms. The molecule has 0 radical (unpaired) electrons. The summed E-state index contributed by atoms with van der Waals surface area (Å²) < 4.78 is 25.6. The van der Waals surface area contributed by atoms with Crippen molar-refractivity contribution in [3.8, 4) is 0 Å². The van der Waals surface area contributed by atoms with Crippen molar-refractivity contribution in [3.05, 3.63) is 23.8 Å². The topological polar surface area (TPSA) is 92.5 Å². The first-order chi connectivity index (χ1) is 9.57. The largest absolute Gasteiger partial charge is 0.325 e. The van der Waals surface area contributed by atoms with Crippen molar-refractivity contribution < 1.29 is 13.2 Å². The Morgan fingerprint density at radius 2 is 1.86 bits per heavy atom. The molecule has 0 saturated heterocycles. The molecule has 1 unspecified atom stereocenters. The van der Waals surface area contributed by atoms with E-state index in [0.717, 1.165) is 4.31 Å².